The number of ketones is 1. The number of hydrogen-bond donors (Lipinski definition) is 0. The Bertz CT molecular complexity index is 852. The van der Waals surface area contributed by atoms with Crippen molar-refractivity contribution in [2.24, 2.45) is 5.92 Å². The summed E-state index contributed by atoms with van der Waals surface area (Å²) in [5.74, 6) is 0.238. The fourth-order valence-electron chi connectivity index (χ4n) is 3.11. The van der Waals surface area contributed by atoms with E-state index in [1.54, 1.807) is 19.1 Å². The molecule has 0 amide bonds. The summed E-state index contributed by atoms with van der Waals surface area (Å²) in [6, 6.07) is 11.1. The van der Waals surface area contributed by atoms with E-state index in [0.717, 1.165) is 35.7 Å². The van der Waals surface area contributed by atoms with E-state index in [9.17, 15) is 13.2 Å². The standard InChI is InChI=1S/C18H21NO3S/c1-13(14(2)20)7-3-4-12-19-16-10-5-8-15-9-6-11-17(18(15)16)23(19,21)22/h5-6,8-11,13H,3-4,7,12H2,1-2H3. The normalized spacial score (nSPS) is 16.7. The molecule has 0 N–H and O–H groups in total. The van der Waals surface area contributed by atoms with E-state index in [1.165, 1.54) is 4.31 Å². The fourth-order valence-corrected chi connectivity index (χ4v) is 4.86. The molecule has 1 aliphatic heterocycles. The minimum absolute atomic E-state index is 0.0471. The average molecular weight is 331 g/mol. The molecule has 2 aromatic rings. The van der Waals surface area contributed by atoms with Crippen LogP contribution >= 0.6 is 0 Å². The van der Waals surface area contributed by atoms with Gasteiger partial charge in [0, 0.05) is 17.8 Å². The lowest BCUT2D eigenvalue weighted by molar-refractivity contribution is -0.120. The predicted molar refractivity (Wildman–Crippen MR) is 92.2 cm³/mol. The van der Waals surface area contributed by atoms with Crippen molar-refractivity contribution in [2.75, 3.05) is 10.8 Å². The predicted octanol–water partition coefficient (Wildman–Crippen LogP) is 3.74. The number of benzene rings is 2. The van der Waals surface area contributed by atoms with Gasteiger partial charge in [0.2, 0.25) is 0 Å². The summed E-state index contributed by atoms with van der Waals surface area (Å²) >= 11 is 0. The first-order valence-corrected chi connectivity index (χ1v) is 9.42. The molecular formula is C18H21NO3S. The Kier molecular flexibility index (Phi) is 4.15. The molecule has 0 fully saturated rings. The van der Waals surface area contributed by atoms with Crippen LogP contribution in [0.4, 0.5) is 5.69 Å². The van der Waals surface area contributed by atoms with Gasteiger partial charge >= 0.3 is 0 Å². The van der Waals surface area contributed by atoms with Crippen LogP contribution < -0.4 is 4.31 Å². The Morgan fingerprint density at radius 3 is 2.52 bits per heavy atom. The molecule has 4 nitrogen and oxygen atoms in total. The summed E-state index contributed by atoms with van der Waals surface area (Å²) in [7, 11) is -3.45. The number of carbonyl (C=O) groups is 1. The van der Waals surface area contributed by atoms with E-state index in [0.29, 0.717) is 11.4 Å². The van der Waals surface area contributed by atoms with Crippen molar-refractivity contribution in [1.82, 2.24) is 0 Å². The van der Waals surface area contributed by atoms with Crippen molar-refractivity contribution < 1.29 is 13.2 Å². The Balaban J connectivity index is 1.80. The monoisotopic (exact) mass is 331 g/mol. The zero-order valence-corrected chi connectivity index (χ0v) is 14.3. The first-order chi connectivity index (χ1) is 10.9. The molecule has 1 atom stereocenters. The van der Waals surface area contributed by atoms with E-state index in [2.05, 4.69) is 0 Å². The van der Waals surface area contributed by atoms with Crippen LogP contribution in [0.1, 0.15) is 33.1 Å². The smallest absolute Gasteiger partial charge is 0.265 e. The number of nitrogens with zero attached hydrogens (tertiary/aromatic N) is 1. The highest BCUT2D eigenvalue weighted by atomic mass is 32.2. The summed E-state index contributed by atoms with van der Waals surface area (Å²) < 4.78 is 27.1. The van der Waals surface area contributed by atoms with E-state index < -0.39 is 10.0 Å². The minimum Gasteiger partial charge on any atom is -0.300 e. The molecule has 3 rings (SSSR count). The molecule has 0 aliphatic carbocycles. The fraction of sp³-hybridized carbons (Fsp3) is 0.389. The van der Waals surface area contributed by atoms with Crippen molar-refractivity contribution in [2.45, 2.75) is 38.0 Å². The third-order valence-electron chi connectivity index (χ3n) is 4.62. The first kappa shape index (κ1) is 16.0. The summed E-state index contributed by atoms with van der Waals surface area (Å²) in [5, 5.41) is 1.78. The topological polar surface area (TPSA) is 54.5 Å². The highest BCUT2D eigenvalue weighted by molar-refractivity contribution is 7.93. The Morgan fingerprint density at radius 2 is 1.83 bits per heavy atom. The van der Waals surface area contributed by atoms with Gasteiger partial charge in [-0.25, -0.2) is 8.42 Å². The number of sulfonamides is 1. The lowest BCUT2D eigenvalue weighted by Gasteiger charge is -2.19. The number of anilines is 1. The van der Waals surface area contributed by atoms with Crippen molar-refractivity contribution in [1.29, 1.82) is 0 Å². The number of hydrogen-bond acceptors (Lipinski definition) is 3. The van der Waals surface area contributed by atoms with Gasteiger partial charge in [0.15, 0.2) is 0 Å². The SMILES string of the molecule is CC(=O)C(C)CCCCN1c2cccc3cccc(c23)S1(=O)=O. The van der Waals surface area contributed by atoms with Crippen LogP contribution in [-0.4, -0.2) is 20.7 Å². The molecule has 0 saturated heterocycles. The van der Waals surface area contributed by atoms with Gasteiger partial charge in [-0.05, 0) is 37.3 Å². The zero-order chi connectivity index (χ0) is 16.6. The second kappa shape index (κ2) is 5.96. The molecule has 1 unspecified atom stereocenters. The van der Waals surface area contributed by atoms with Gasteiger partial charge in [-0.15, -0.1) is 0 Å². The lowest BCUT2D eigenvalue weighted by atomic mass is 10.0. The Morgan fingerprint density at radius 1 is 1.13 bits per heavy atom. The maximum absolute atomic E-state index is 12.8. The summed E-state index contributed by atoms with van der Waals surface area (Å²) in [6.45, 7) is 3.99. The van der Waals surface area contributed by atoms with Gasteiger partial charge in [0.05, 0.1) is 10.6 Å². The third-order valence-corrected chi connectivity index (χ3v) is 6.48. The second-order valence-corrected chi connectivity index (χ2v) is 8.05. The summed E-state index contributed by atoms with van der Waals surface area (Å²) in [5.41, 5.74) is 0.776. The van der Waals surface area contributed by atoms with Crippen LogP contribution in [0.25, 0.3) is 10.8 Å². The van der Waals surface area contributed by atoms with Gasteiger partial charge in [-0.2, -0.15) is 0 Å². The highest BCUT2D eigenvalue weighted by Gasteiger charge is 2.34. The van der Waals surface area contributed by atoms with E-state index in [-0.39, 0.29) is 11.7 Å². The first-order valence-electron chi connectivity index (χ1n) is 7.98. The third kappa shape index (κ3) is 2.74. The van der Waals surface area contributed by atoms with Gasteiger partial charge in [-0.1, -0.05) is 37.6 Å². The molecule has 0 radical (unpaired) electrons. The van der Waals surface area contributed by atoms with Crippen molar-refractivity contribution in [3.8, 4) is 0 Å². The van der Waals surface area contributed by atoms with Gasteiger partial charge < -0.3 is 0 Å². The molecular weight excluding hydrogens is 310 g/mol. The molecule has 2 aromatic carbocycles. The number of carbonyl (C=O) groups excluding carboxylic acids is 1. The van der Waals surface area contributed by atoms with Crippen molar-refractivity contribution >= 4 is 32.3 Å². The average Bonchev–Trinajstić information content (AvgIpc) is 2.74. The van der Waals surface area contributed by atoms with Crippen LogP contribution in [0.2, 0.25) is 0 Å². The molecule has 0 saturated carbocycles. The zero-order valence-electron chi connectivity index (χ0n) is 13.5. The van der Waals surface area contributed by atoms with Crippen molar-refractivity contribution in [3.63, 3.8) is 0 Å². The van der Waals surface area contributed by atoms with Gasteiger partial charge in [0.25, 0.3) is 10.0 Å². The van der Waals surface area contributed by atoms with Crippen LogP contribution in [0.3, 0.4) is 0 Å². The van der Waals surface area contributed by atoms with Crippen LogP contribution in [0.5, 0.6) is 0 Å². The number of rotatable bonds is 6. The highest BCUT2D eigenvalue weighted by Crippen LogP contribution is 2.41. The number of unbranched alkanes of at least 4 members (excludes halogenated alkanes) is 1. The van der Waals surface area contributed by atoms with E-state index in [4.69, 9.17) is 0 Å². The lowest BCUT2D eigenvalue weighted by Crippen LogP contribution is -2.28. The molecule has 5 heteroatoms. The van der Waals surface area contributed by atoms with E-state index in [1.807, 2.05) is 31.2 Å². The Hall–Kier alpha value is -1.88. The largest absolute Gasteiger partial charge is 0.300 e. The van der Waals surface area contributed by atoms with Crippen LogP contribution in [0, 0.1) is 5.92 Å². The summed E-state index contributed by atoms with van der Waals surface area (Å²) in [6.07, 6.45) is 2.40. The molecule has 0 bridgehead atoms. The molecule has 1 aliphatic rings. The maximum Gasteiger partial charge on any atom is 0.265 e. The maximum atomic E-state index is 12.8. The van der Waals surface area contributed by atoms with E-state index >= 15 is 0 Å². The quantitative estimate of drug-likeness (QED) is 0.758. The van der Waals surface area contributed by atoms with Gasteiger partial charge in [0.1, 0.15) is 5.78 Å². The molecule has 23 heavy (non-hydrogen) atoms. The molecule has 0 spiro atoms. The second-order valence-electron chi connectivity index (χ2n) is 6.22. The molecule has 1 heterocycles. The Labute approximate surface area is 137 Å². The molecule has 122 valence electrons. The van der Waals surface area contributed by atoms with Crippen LogP contribution in [0.15, 0.2) is 41.3 Å². The number of Topliss-reactive ketones (excluding diaryl/α,β-unsaturated/α-hetero) is 1. The summed E-state index contributed by atoms with van der Waals surface area (Å²) in [4.78, 5) is 11.7. The van der Waals surface area contributed by atoms with Gasteiger partial charge in [-0.3, -0.25) is 9.10 Å². The molecule has 0 aromatic heterocycles. The minimum atomic E-state index is -3.45. The van der Waals surface area contributed by atoms with Crippen LogP contribution in [-0.2, 0) is 14.8 Å². The van der Waals surface area contributed by atoms with Crippen molar-refractivity contribution in [3.05, 3.63) is 36.4 Å².